The van der Waals surface area contributed by atoms with Crippen LogP contribution < -0.4 is 16.0 Å². The van der Waals surface area contributed by atoms with Crippen LogP contribution in [0.5, 0.6) is 5.75 Å². The molecule has 0 saturated heterocycles. The highest BCUT2D eigenvalue weighted by atomic mass is 19.1. The molecule has 0 spiro atoms. The summed E-state index contributed by atoms with van der Waals surface area (Å²) in [5.74, 6) is -1.43. The number of aromatic nitrogens is 1. The summed E-state index contributed by atoms with van der Waals surface area (Å²) in [4.78, 5) is 12.4. The van der Waals surface area contributed by atoms with Gasteiger partial charge in [-0.1, -0.05) is 12.1 Å². The largest absolute Gasteiger partial charge is 0.440 e. The number of hydrogen-bond donors (Lipinski definition) is 2. The van der Waals surface area contributed by atoms with E-state index in [4.69, 9.17) is 10.5 Å². The molecule has 0 aliphatic carbocycles. The molecule has 0 unspecified atom stereocenters. The third kappa shape index (κ3) is 2.21. The molecule has 0 bridgehead atoms. The first-order valence-corrected chi connectivity index (χ1v) is 6.73. The Balaban J connectivity index is 2.36. The Morgan fingerprint density at radius 3 is 2.83 bits per heavy atom. The van der Waals surface area contributed by atoms with E-state index in [2.05, 4.69) is 0 Å². The molecular weight excluding hydrogens is 301 g/mol. The van der Waals surface area contributed by atoms with Crippen molar-refractivity contribution in [2.75, 3.05) is 0 Å². The fourth-order valence-corrected chi connectivity index (χ4v) is 2.66. The number of pyridine rings is 1. The van der Waals surface area contributed by atoms with Gasteiger partial charge in [0.2, 0.25) is 5.88 Å². The molecule has 1 atom stereocenters. The van der Waals surface area contributed by atoms with E-state index in [0.29, 0.717) is 10.3 Å². The number of nitrogens with zero attached hydrogens (tertiary/aromatic N) is 2. The Bertz CT molecular complexity index is 941. The van der Waals surface area contributed by atoms with Gasteiger partial charge in [-0.25, -0.2) is 4.39 Å². The van der Waals surface area contributed by atoms with Crippen LogP contribution in [0.1, 0.15) is 22.7 Å². The maximum Gasteiger partial charge on any atom is 0.291 e. The minimum absolute atomic E-state index is 0.0101. The highest BCUT2D eigenvalue weighted by Gasteiger charge is 2.34. The van der Waals surface area contributed by atoms with Crippen LogP contribution in [0, 0.1) is 24.1 Å². The van der Waals surface area contributed by atoms with E-state index in [-0.39, 0.29) is 28.5 Å². The molecular formula is C16H12FN3O3. The Morgan fingerprint density at radius 2 is 2.17 bits per heavy atom. The Kier molecular flexibility index (Phi) is 3.30. The van der Waals surface area contributed by atoms with Gasteiger partial charge >= 0.3 is 0 Å². The number of allylic oxidation sites excluding steroid dienone is 1. The number of hydrogen-bond acceptors (Lipinski definition) is 5. The zero-order valence-electron chi connectivity index (χ0n) is 12.1. The summed E-state index contributed by atoms with van der Waals surface area (Å²) in [5, 5.41) is 19.2. The summed E-state index contributed by atoms with van der Waals surface area (Å²) in [7, 11) is 0. The lowest BCUT2D eigenvalue weighted by Crippen LogP contribution is -2.31. The minimum atomic E-state index is -0.911. The van der Waals surface area contributed by atoms with E-state index in [9.17, 15) is 19.7 Å². The predicted molar refractivity (Wildman–Crippen MR) is 78.3 cm³/mol. The Labute approximate surface area is 130 Å². The molecule has 7 heteroatoms. The molecule has 3 N–H and O–H groups in total. The fourth-order valence-electron chi connectivity index (χ4n) is 2.66. The maximum absolute atomic E-state index is 13.6. The molecule has 6 nitrogen and oxygen atoms in total. The molecule has 0 radical (unpaired) electrons. The van der Waals surface area contributed by atoms with Gasteiger partial charge in [0.25, 0.3) is 5.56 Å². The number of rotatable bonds is 1. The van der Waals surface area contributed by atoms with Gasteiger partial charge in [-0.2, -0.15) is 9.99 Å². The first-order valence-electron chi connectivity index (χ1n) is 6.73. The van der Waals surface area contributed by atoms with Gasteiger partial charge in [0.1, 0.15) is 23.2 Å². The van der Waals surface area contributed by atoms with Crippen molar-refractivity contribution in [3.63, 3.8) is 0 Å². The lowest BCUT2D eigenvalue weighted by Gasteiger charge is -2.26. The van der Waals surface area contributed by atoms with E-state index in [0.717, 1.165) is 0 Å². The number of benzene rings is 1. The predicted octanol–water partition coefficient (Wildman–Crippen LogP) is 1.75. The zero-order valence-corrected chi connectivity index (χ0v) is 12.1. The average Bonchev–Trinajstić information content (AvgIpc) is 2.51. The smallest absolute Gasteiger partial charge is 0.291 e. The van der Waals surface area contributed by atoms with Gasteiger partial charge in [0, 0.05) is 6.07 Å². The highest BCUT2D eigenvalue weighted by Crippen LogP contribution is 2.40. The van der Waals surface area contributed by atoms with E-state index < -0.39 is 17.3 Å². The van der Waals surface area contributed by atoms with E-state index in [1.165, 1.54) is 31.2 Å². The summed E-state index contributed by atoms with van der Waals surface area (Å²) < 4.78 is 19.4. The topological polar surface area (TPSA) is 101 Å². The Hall–Kier alpha value is -3.27. The third-order valence-electron chi connectivity index (χ3n) is 3.73. The van der Waals surface area contributed by atoms with Crippen LogP contribution in [0.15, 0.2) is 46.6 Å². The number of aryl methyl sites for hydroxylation is 1. The number of fused-ring (bicyclic) bond motifs is 1. The minimum Gasteiger partial charge on any atom is -0.440 e. The normalized spacial score (nSPS) is 16.5. The van der Waals surface area contributed by atoms with E-state index in [1.54, 1.807) is 6.07 Å². The molecule has 1 aliphatic heterocycles. The van der Waals surface area contributed by atoms with Crippen molar-refractivity contribution in [3.05, 3.63) is 74.8 Å². The van der Waals surface area contributed by atoms with Crippen LogP contribution in [0.3, 0.4) is 0 Å². The molecule has 1 aliphatic rings. The van der Waals surface area contributed by atoms with E-state index >= 15 is 0 Å². The van der Waals surface area contributed by atoms with Crippen molar-refractivity contribution >= 4 is 0 Å². The second-order valence-corrected chi connectivity index (χ2v) is 5.16. The van der Waals surface area contributed by atoms with Crippen LogP contribution >= 0.6 is 0 Å². The molecule has 0 amide bonds. The monoisotopic (exact) mass is 313 g/mol. The summed E-state index contributed by atoms with van der Waals surface area (Å²) in [6, 6.07) is 8.85. The van der Waals surface area contributed by atoms with Gasteiger partial charge in [0.15, 0.2) is 0 Å². The van der Waals surface area contributed by atoms with Crippen molar-refractivity contribution < 1.29 is 14.3 Å². The SMILES string of the molecule is Cc1cc2c(c(=O)n1O)[C@H](c1cccc(F)c1)C(C#N)=C(N)O2. The average molecular weight is 313 g/mol. The van der Waals surface area contributed by atoms with Gasteiger partial charge in [0.05, 0.1) is 17.2 Å². The first kappa shape index (κ1) is 14.7. The molecule has 3 rings (SSSR count). The maximum atomic E-state index is 13.6. The second-order valence-electron chi connectivity index (χ2n) is 5.16. The molecule has 0 saturated carbocycles. The Morgan fingerprint density at radius 1 is 1.43 bits per heavy atom. The first-order chi connectivity index (χ1) is 10.9. The van der Waals surface area contributed by atoms with Crippen LogP contribution in [-0.4, -0.2) is 9.94 Å². The summed E-state index contributed by atoms with van der Waals surface area (Å²) in [5.41, 5.74) is 5.68. The van der Waals surface area contributed by atoms with Crippen molar-refractivity contribution in [3.8, 4) is 11.8 Å². The lowest BCUT2D eigenvalue weighted by molar-refractivity contribution is 0.165. The van der Waals surface area contributed by atoms with Crippen LogP contribution in [0.4, 0.5) is 4.39 Å². The summed E-state index contributed by atoms with van der Waals surface area (Å²) in [6.07, 6.45) is 0. The number of halogens is 1. The van der Waals surface area contributed by atoms with Gasteiger partial charge in [-0.15, -0.1) is 0 Å². The van der Waals surface area contributed by atoms with Crippen molar-refractivity contribution in [2.45, 2.75) is 12.8 Å². The number of nitriles is 1. The van der Waals surface area contributed by atoms with Crippen molar-refractivity contribution in [2.24, 2.45) is 5.73 Å². The van der Waals surface area contributed by atoms with E-state index in [1.807, 2.05) is 6.07 Å². The molecule has 0 fully saturated rings. The fraction of sp³-hybridized carbons (Fsp3) is 0.125. The van der Waals surface area contributed by atoms with Gasteiger partial charge < -0.3 is 15.7 Å². The van der Waals surface area contributed by atoms with Crippen molar-refractivity contribution in [1.82, 2.24) is 4.73 Å². The quantitative estimate of drug-likeness (QED) is 0.781. The molecule has 2 heterocycles. The highest BCUT2D eigenvalue weighted by molar-refractivity contribution is 5.55. The van der Waals surface area contributed by atoms with Gasteiger partial charge in [-0.3, -0.25) is 4.79 Å². The van der Waals surface area contributed by atoms with Crippen LogP contribution in [-0.2, 0) is 0 Å². The standard InChI is InChI=1S/C16H12FN3O3/c1-8-5-12-14(16(21)20(8)22)13(11(7-18)15(19)23-12)9-3-2-4-10(17)6-9/h2-6,13,22H,19H2,1H3/t13-/m1/s1. The molecule has 2 aromatic rings. The van der Waals surface area contributed by atoms with Crippen LogP contribution in [0.2, 0.25) is 0 Å². The van der Waals surface area contributed by atoms with Gasteiger partial charge in [-0.05, 0) is 24.6 Å². The van der Waals surface area contributed by atoms with Crippen LogP contribution in [0.25, 0.3) is 0 Å². The molecule has 1 aromatic carbocycles. The number of ether oxygens (including phenoxy) is 1. The molecule has 116 valence electrons. The third-order valence-corrected chi connectivity index (χ3v) is 3.73. The second kappa shape index (κ2) is 5.18. The molecule has 1 aromatic heterocycles. The summed E-state index contributed by atoms with van der Waals surface area (Å²) >= 11 is 0. The summed E-state index contributed by atoms with van der Waals surface area (Å²) in [6.45, 7) is 1.52. The zero-order chi connectivity index (χ0) is 16.7. The lowest BCUT2D eigenvalue weighted by atomic mass is 9.84. The van der Waals surface area contributed by atoms with Crippen molar-refractivity contribution in [1.29, 1.82) is 5.26 Å². The number of nitrogens with two attached hydrogens (primary N) is 1. The molecule has 23 heavy (non-hydrogen) atoms.